The van der Waals surface area contributed by atoms with Gasteiger partial charge in [-0.15, -0.1) is 0 Å². The van der Waals surface area contributed by atoms with Crippen LogP contribution in [0.3, 0.4) is 0 Å². The highest BCUT2D eigenvalue weighted by Crippen LogP contribution is 2.69. The van der Waals surface area contributed by atoms with Gasteiger partial charge in [-0.3, -0.25) is 0 Å². The van der Waals surface area contributed by atoms with E-state index in [4.69, 9.17) is 9.47 Å². The van der Waals surface area contributed by atoms with E-state index in [2.05, 4.69) is 13.8 Å². The zero-order valence-corrected chi connectivity index (χ0v) is 15.1. The predicted molar refractivity (Wildman–Crippen MR) is 91.0 cm³/mol. The standard InChI is InChI=1S/C21H34O2/c1-19-9-5-7-16(19)18-17(8-11-19)20(2)10-4-3-6-15(20)14-21(18)22-12-13-23-21/h15-18H,3-14H2,1-2H3/t15?,16-,17-,18-,19-,20-/m0/s1. The molecule has 1 heterocycles. The Morgan fingerprint density at radius 3 is 2.43 bits per heavy atom. The molecule has 5 fully saturated rings. The van der Waals surface area contributed by atoms with Crippen LogP contribution >= 0.6 is 0 Å². The van der Waals surface area contributed by atoms with Gasteiger partial charge >= 0.3 is 0 Å². The van der Waals surface area contributed by atoms with E-state index in [1.807, 2.05) is 0 Å². The molecule has 0 amide bonds. The highest BCUT2D eigenvalue weighted by Gasteiger charge is 2.66. The van der Waals surface area contributed by atoms with E-state index in [9.17, 15) is 0 Å². The zero-order chi connectivity index (χ0) is 15.7. The fraction of sp³-hybridized carbons (Fsp3) is 1.00. The average Bonchev–Trinajstić information content (AvgIpc) is 3.15. The van der Waals surface area contributed by atoms with E-state index < -0.39 is 0 Å². The maximum Gasteiger partial charge on any atom is 0.172 e. The van der Waals surface area contributed by atoms with Gasteiger partial charge in [-0.05, 0) is 67.1 Å². The molecule has 0 aromatic rings. The average molecular weight is 319 g/mol. The number of rotatable bonds is 0. The van der Waals surface area contributed by atoms with Crippen molar-refractivity contribution in [3.05, 3.63) is 0 Å². The van der Waals surface area contributed by atoms with Crippen molar-refractivity contribution in [1.29, 1.82) is 0 Å². The Hall–Kier alpha value is -0.0800. The first-order chi connectivity index (χ1) is 11.1. The van der Waals surface area contributed by atoms with Gasteiger partial charge in [-0.25, -0.2) is 0 Å². The minimum atomic E-state index is -0.205. The first-order valence-electron chi connectivity index (χ1n) is 10.4. The van der Waals surface area contributed by atoms with Gasteiger partial charge in [-0.1, -0.05) is 33.1 Å². The maximum absolute atomic E-state index is 6.48. The second-order valence-electron chi connectivity index (χ2n) is 9.99. The maximum atomic E-state index is 6.48. The lowest BCUT2D eigenvalue weighted by molar-refractivity contribution is -0.296. The fourth-order valence-electron chi connectivity index (χ4n) is 8.00. The molecule has 1 saturated heterocycles. The number of hydrogen-bond acceptors (Lipinski definition) is 2. The summed E-state index contributed by atoms with van der Waals surface area (Å²) in [4.78, 5) is 0. The van der Waals surface area contributed by atoms with Gasteiger partial charge in [0.1, 0.15) is 0 Å². The predicted octanol–water partition coefficient (Wildman–Crippen LogP) is 5.16. The van der Waals surface area contributed by atoms with Gasteiger partial charge in [0, 0.05) is 12.3 Å². The van der Waals surface area contributed by atoms with Crippen molar-refractivity contribution in [2.24, 2.45) is 34.5 Å². The van der Waals surface area contributed by atoms with Gasteiger partial charge in [0.25, 0.3) is 0 Å². The van der Waals surface area contributed by atoms with E-state index in [0.29, 0.717) is 16.7 Å². The summed E-state index contributed by atoms with van der Waals surface area (Å²) < 4.78 is 13.0. The van der Waals surface area contributed by atoms with E-state index in [-0.39, 0.29) is 5.79 Å². The zero-order valence-electron chi connectivity index (χ0n) is 15.1. The van der Waals surface area contributed by atoms with Gasteiger partial charge in [0.05, 0.1) is 13.2 Å². The highest BCUT2D eigenvalue weighted by molar-refractivity contribution is 5.12. The van der Waals surface area contributed by atoms with Crippen molar-refractivity contribution >= 4 is 0 Å². The Bertz CT molecular complexity index is 482. The third-order valence-corrected chi connectivity index (χ3v) is 9.16. The van der Waals surface area contributed by atoms with Crippen molar-refractivity contribution in [2.75, 3.05) is 13.2 Å². The Balaban J connectivity index is 1.59. The van der Waals surface area contributed by atoms with Crippen molar-refractivity contribution in [3.63, 3.8) is 0 Å². The quantitative estimate of drug-likeness (QED) is 0.614. The molecule has 0 radical (unpaired) electrons. The summed E-state index contributed by atoms with van der Waals surface area (Å²) in [6.07, 6.45) is 14.1. The lowest BCUT2D eigenvalue weighted by atomic mass is 9.44. The number of ether oxygens (including phenoxy) is 2. The molecule has 2 nitrogen and oxygen atoms in total. The van der Waals surface area contributed by atoms with Crippen LogP contribution in [0.5, 0.6) is 0 Å². The van der Waals surface area contributed by atoms with Crippen LogP contribution in [-0.2, 0) is 9.47 Å². The van der Waals surface area contributed by atoms with Gasteiger partial charge in [-0.2, -0.15) is 0 Å². The van der Waals surface area contributed by atoms with Crippen LogP contribution in [0.25, 0.3) is 0 Å². The lowest BCUT2D eigenvalue weighted by Crippen LogP contribution is -2.62. The summed E-state index contributed by atoms with van der Waals surface area (Å²) in [5.74, 6) is 2.99. The molecule has 4 aliphatic carbocycles. The molecular formula is C21H34O2. The summed E-state index contributed by atoms with van der Waals surface area (Å²) in [5.41, 5.74) is 1.13. The van der Waals surface area contributed by atoms with Crippen LogP contribution in [-0.4, -0.2) is 19.0 Å². The largest absolute Gasteiger partial charge is 0.347 e. The Morgan fingerprint density at radius 2 is 1.61 bits per heavy atom. The molecular weight excluding hydrogens is 284 g/mol. The van der Waals surface area contributed by atoms with Crippen LogP contribution in [0, 0.1) is 34.5 Å². The first-order valence-corrected chi connectivity index (χ1v) is 10.4. The topological polar surface area (TPSA) is 18.5 Å². The smallest absolute Gasteiger partial charge is 0.172 e. The molecule has 0 aromatic carbocycles. The van der Waals surface area contributed by atoms with Gasteiger partial charge in [0.2, 0.25) is 0 Å². The van der Waals surface area contributed by atoms with Crippen LogP contribution < -0.4 is 0 Å². The summed E-state index contributed by atoms with van der Waals surface area (Å²) in [6, 6.07) is 0. The van der Waals surface area contributed by atoms with E-state index in [0.717, 1.165) is 31.0 Å². The van der Waals surface area contributed by atoms with E-state index in [1.54, 1.807) is 0 Å². The molecule has 0 aromatic heterocycles. The molecule has 0 bridgehead atoms. The van der Waals surface area contributed by atoms with Crippen molar-refractivity contribution < 1.29 is 9.47 Å². The molecule has 4 saturated carbocycles. The Kier molecular flexibility index (Phi) is 3.29. The normalized spacial score (nSPS) is 54.5. The van der Waals surface area contributed by atoms with Crippen molar-refractivity contribution in [2.45, 2.75) is 83.8 Å². The molecule has 1 unspecified atom stereocenters. The van der Waals surface area contributed by atoms with Crippen LogP contribution in [0.1, 0.15) is 78.1 Å². The second kappa shape index (κ2) is 4.97. The Labute approximate surface area is 141 Å². The molecule has 5 aliphatic rings. The minimum Gasteiger partial charge on any atom is -0.347 e. The molecule has 1 spiro atoms. The number of hydrogen-bond donors (Lipinski definition) is 0. The van der Waals surface area contributed by atoms with Crippen LogP contribution in [0.4, 0.5) is 0 Å². The molecule has 6 atom stereocenters. The molecule has 2 heteroatoms. The highest BCUT2D eigenvalue weighted by atomic mass is 16.7. The van der Waals surface area contributed by atoms with Crippen molar-refractivity contribution in [3.8, 4) is 0 Å². The monoisotopic (exact) mass is 318 g/mol. The summed E-state index contributed by atoms with van der Waals surface area (Å²) in [6.45, 7) is 6.89. The SMILES string of the molecule is C[C@@]12CCC[C@H]1[C@H]1[C@H](CC2)[C@@]2(C)CCCCC2CC12OCCO2. The molecule has 130 valence electrons. The second-order valence-corrected chi connectivity index (χ2v) is 9.99. The summed E-state index contributed by atoms with van der Waals surface area (Å²) >= 11 is 0. The third-order valence-electron chi connectivity index (χ3n) is 9.16. The van der Waals surface area contributed by atoms with Gasteiger partial charge < -0.3 is 9.47 Å². The number of fused-ring (bicyclic) bond motifs is 6. The molecule has 5 rings (SSSR count). The van der Waals surface area contributed by atoms with Crippen LogP contribution in [0.15, 0.2) is 0 Å². The third kappa shape index (κ3) is 1.94. The summed E-state index contributed by atoms with van der Waals surface area (Å²) in [7, 11) is 0. The lowest BCUT2D eigenvalue weighted by Gasteiger charge is -2.64. The first kappa shape index (κ1) is 15.2. The molecule has 23 heavy (non-hydrogen) atoms. The van der Waals surface area contributed by atoms with Crippen LogP contribution in [0.2, 0.25) is 0 Å². The minimum absolute atomic E-state index is 0.205. The van der Waals surface area contributed by atoms with Crippen molar-refractivity contribution in [1.82, 2.24) is 0 Å². The van der Waals surface area contributed by atoms with Gasteiger partial charge in [0.15, 0.2) is 5.79 Å². The summed E-state index contributed by atoms with van der Waals surface area (Å²) in [5, 5.41) is 0. The molecule has 1 aliphatic heterocycles. The van der Waals surface area contributed by atoms with E-state index >= 15 is 0 Å². The van der Waals surface area contributed by atoms with E-state index in [1.165, 1.54) is 64.2 Å². The molecule has 0 N–H and O–H groups in total. The fourth-order valence-corrected chi connectivity index (χ4v) is 8.00. The Morgan fingerprint density at radius 1 is 0.783 bits per heavy atom.